The van der Waals surface area contributed by atoms with E-state index >= 15 is 0 Å². The Labute approximate surface area is 172 Å². The van der Waals surface area contributed by atoms with Crippen LogP contribution in [0.25, 0.3) is 0 Å². The van der Waals surface area contributed by atoms with Crippen LogP contribution in [0, 0.1) is 6.92 Å². The maximum atomic E-state index is 13.4. The number of benzene rings is 1. The van der Waals surface area contributed by atoms with Crippen LogP contribution in [0.2, 0.25) is 0 Å². The molecule has 7 nitrogen and oxygen atoms in total. The number of hydrogen-bond donors (Lipinski definition) is 1. The van der Waals surface area contributed by atoms with Crippen LogP contribution in [-0.2, 0) is 20.8 Å². The van der Waals surface area contributed by atoms with Gasteiger partial charge in [0.05, 0.1) is 21.4 Å². The summed E-state index contributed by atoms with van der Waals surface area (Å²) in [5, 5.41) is 12.7. The molecular formula is C19H22F3N3O4S. The Morgan fingerprint density at radius 3 is 2.47 bits per heavy atom. The van der Waals surface area contributed by atoms with Gasteiger partial charge in [-0.05, 0) is 39.3 Å². The van der Waals surface area contributed by atoms with Crippen molar-refractivity contribution < 1.29 is 31.5 Å². The summed E-state index contributed by atoms with van der Waals surface area (Å²) in [5.74, 6) is -0.817. The van der Waals surface area contributed by atoms with Gasteiger partial charge in [0, 0.05) is 18.7 Å². The highest BCUT2D eigenvalue weighted by Gasteiger charge is 2.47. The summed E-state index contributed by atoms with van der Waals surface area (Å²) in [6.45, 7) is 5.16. The molecule has 1 aliphatic heterocycles. The Hall–Kier alpha value is -2.56. The van der Waals surface area contributed by atoms with E-state index in [1.165, 1.54) is 11.0 Å². The van der Waals surface area contributed by atoms with E-state index in [4.69, 9.17) is 0 Å². The number of carboxylic acids is 1. The molecular weight excluding hydrogens is 423 g/mol. The van der Waals surface area contributed by atoms with Crippen molar-refractivity contribution in [3.63, 3.8) is 0 Å². The Balaban J connectivity index is 2.05. The van der Waals surface area contributed by atoms with Gasteiger partial charge in [0.2, 0.25) is 0 Å². The monoisotopic (exact) mass is 445 g/mol. The van der Waals surface area contributed by atoms with Gasteiger partial charge in [-0.2, -0.15) is 18.3 Å². The molecule has 0 unspecified atom stereocenters. The average molecular weight is 445 g/mol. The molecule has 0 amide bonds. The van der Waals surface area contributed by atoms with Gasteiger partial charge in [-0.15, -0.1) is 0 Å². The highest BCUT2D eigenvalue weighted by Crippen LogP contribution is 2.38. The van der Waals surface area contributed by atoms with Crippen LogP contribution >= 0.6 is 0 Å². The summed E-state index contributed by atoms with van der Waals surface area (Å²) in [7, 11) is -4.44. The maximum Gasteiger partial charge on any atom is 0.417 e. The van der Waals surface area contributed by atoms with Crippen molar-refractivity contribution in [3.8, 4) is 0 Å². The summed E-state index contributed by atoms with van der Waals surface area (Å²) in [5.41, 5.74) is -0.630. The van der Waals surface area contributed by atoms with Crippen molar-refractivity contribution in [1.29, 1.82) is 0 Å². The van der Waals surface area contributed by atoms with E-state index < -0.39 is 43.7 Å². The van der Waals surface area contributed by atoms with Gasteiger partial charge in [0.25, 0.3) is 0 Å². The lowest BCUT2D eigenvalue weighted by Crippen LogP contribution is -2.37. The fourth-order valence-electron chi connectivity index (χ4n) is 3.74. The molecule has 0 aliphatic carbocycles. The van der Waals surface area contributed by atoms with Gasteiger partial charge in [0.1, 0.15) is 11.9 Å². The fourth-order valence-corrected chi connectivity index (χ4v) is 5.65. The number of aliphatic carboxylic acids is 1. The zero-order valence-corrected chi connectivity index (χ0v) is 17.4. The van der Waals surface area contributed by atoms with Gasteiger partial charge >= 0.3 is 12.1 Å². The lowest BCUT2D eigenvalue weighted by atomic mass is 10.2. The summed E-state index contributed by atoms with van der Waals surface area (Å²) < 4.78 is 68.0. The van der Waals surface area contributed by atoms with Crippen molar-refractivity contribution in [2.24, 2.45) is 0 Å². The predicted molar refractivity (Wildman–Crippen MR) is 103 cm³/mol. The third-order valence-corrected chi connectivity index (χ3v) is 7.30. The first kappa shape index (κ1) is 22.1. The van der Waals surface area contributed by atoms with Crippen molar-refractivity contribution in [2.75, 3.05) is 11.4 Å². The van der Waals surface area contributed by atoms with Crippen LogP contribution < -0.4 is 4.90 Å². The van der Waals surface area contributed by atoms with Crippen molar-refractivity contribution in [2.45, 2.75) is 55.6 Å². The number of carbonyl (C=O) groups is 1. The number of alkyl halides is 3. The van der Waals surface area contributed by atoms with Gasteiger partial charge in [-0.1, -0.05) is 12.1 Å². The van der Waals surface area contributed by atoms with Crippen LogP contribution in [0.3, 0.4) is 0 Å². The minimum atomic E-state index is -4.85. The number of nitrogens with zero attached hydrogens (tertiary/aromatic N) is 3. The quantitative estimate of drug-likeness (QED) is 0.759. The number of anilines is 1. The van der Waals surface area contributed by atoms with Crippen LogP contribution in [0.5, 0.6) is 0 Å². The second kappa shape index (κ2) is 7.60. The number of rotatable bonds is 5. The molecule has 0 bridgehead atoms. The average Bonchev–Trinajstić information content (AvgIpc) is 3.25. The molecule has 1 N–H and O–H groups in total. The predicted octanol–water partition coefficient (Wildman–Crippen LogP) is 3.30. The molecule has 2 heterocycles. The van der Waals surface area contributed by atoms with Crippen molar-refractivity contribution >= 4 is 21.6 Å². The van der Waals surface area contributed by atoms with Crippen LogP contribution in [-0.4, -0.2) is 47.1 Å². The minimum absolute atomic E-state index is 0.121. The van der Waals surface area contributed by atoms with Gasteiger partial charge in [-0.25, -0.2) is 17.9 Å². The second-order valence-electron chi connectivity index (χ2n) is 7.59. The fraction of sp³-hybridized carbons (Fsp3) is 0.474. The number of carboxylic acid groups (broad SMARTS) is 1. The molecule has 1 saturated heterocycles. The molecule has 2 aromatic rings. The number of hydrogen-bond acceptors (Lipinski definition) is 5. The minimum Gasteiger partial charge on any atom is -0.480 e. The van der Waals surface area contributed by atoms with Gasteiger partial charge in [-0.3, -0.25) is 0 Å². The molecule has 1 aromatic carbocycles. The van der Waals surface area contributed by atoms with Crippen molar-refractivity contribution in [3.05, 3.63) is 41.6 Å². The zero-order valence-electron chi connectivity index (χ0n) is 16.6. The first-order valence-corrected chi connectivity index (χ1v) is 10.8. The molecule has 0 saturated carbocycles. The smallest absolute Gasteiger partial charge is 0.417 e. The summed E-state index contributed by atoms with van der Waals surface area (Å²) in [6, 6.07) is 4.30. The number of halogens is 3. The highest BCUT2D eigenvalue weighted by atomic mass is 32.2. The van der Waals surface area contributed by atoms with E-state index in [0.717, 1.165) is 12.1 Å². The summed E-state index contributed by atoms with van der Waals surface area (Å²) in [6.07, 6.45) is -5.17. The third kappa shape index (κ3) is 3.90. The molecule has 11 heteroatoms. The van der Waals surface area contributed by atoms with Crippen LogP contribution in [0.1, 0.15) is 37.6 Å². The van der Waals surface area contributed by atoms with E-state index in [9.17, 15) is 31.5 Å². The molecule has 30 heavy (non-hydrogen) atoms. The first-order chi connectivity index (χ1) is 13.8. The molecule has 3 rings (SSSR count). The first-order valence-electron chi connectivity index (χ1n) is 9.29. The summed E-state index contributed by atoms with van der Waals surface area (Å²) in [4.78, 5) is 12.4. The van der Waals surface area contributed by atoms with E-state index in [1.807, 2.05) is 13.8 Å². The highest BCUT2D eigenvalue weighted by molar-refractivity contribution is 7.92. The number of aromatic nitrogens is 2. The second-order valence-corrected chi connectivity index (χ2v) is 9.78. The molecule has 1 aliphatic rings. The Kier molecular flexibility index (Phi) is 5.61. The van der Waals surface area contributed by atoms with E-state index in [1.54, 1.807) is 17.7 Å². The lowest BCUT2D eigenvalue weighted by molar-refractivity contribution is -0.140. The zero-order chi connectivity index (χ0) is 22.4. The summed E-state index contributed by atoms with van der Waals surface area (Å²) >= 11 is 0. The van der Waals surface area contributed by atoms with Crippen LogP contribution in [0.15, 0.2) is 35.2 Å². The molecule has 0 radical (unpaired) electrons. The number of sulfone groups is 1. The standard InChI is InChI=1S/C19H22F3N3O4S/c1-11(2)25-17(8-12(3)23-25)24-10-13(9-15(24)18(26)27)30(28,29)16-7-5-4-6-14(16)19(20,21)22/h4-8,11,13,15H,9-10H2,1-3H3,(H,26,27)/t13-,15+/m1/s1. The van der Waals surface area contributed by atoms with Crippen molar-refractivity contribution in [1.82, 2.24) is 9.78 Å². The lowest BCUT2D eigenvalue weighted by Gasteiger charge is -2.25. The molecule has 1 fully saturated rings. The van der Waals surface area contributed by atoms with E-state index in [-0.39, 0.29) is 19.0 Å². The molecule has 0 spiro atoms. The van der Waals surface area contributed by atoms with Crippen LogP contribution in [0.4, 0.5) is 19.0 Å². The number of aryl methyl sites for hydroxylation is 1. The Morgan fingerprint density at radius 1 is 1.27 bits per heavy atom. The SMILES string of the molecule is Cc1cc(N2C[C@H](S(=O)(=O)c3ccccc3C(F)(F)F)C[C@H]2C(=O)O)n(C(C)C)n1. The van der Waals surface area contributed by atoms with Gasteiger partial charge < -0.3 is 10.0 Å². The Bertz CT molecular complexity index is 1060. The topological polar surface area (TPSA) is 92.5 Å². The van der Waals surface area contributed by atoms with E-state index in [0.29, 0.717) is 17.6 Å². The maximum absolute atomic E-state index is 13.4. The molecule has 1 aromatic heterocycles. The molecule has 2 atom stereocenters. The molecule has 164 valence electrons. The normalized spacial score (nSPS) is 20.2. The third-order valence-electron chi connectivity index (χ3n) is 5.11. The largest absolute Gasteiger partial charge is 0.480 e. The van der Waals surface area contributed by atoms with E-state index in [2.05, 4.69) is 5.10 Å². The Morgan fingerprint density at radius 2 is 1.90 bits per heavy atom. The van der Waals surface area contributed by atoms with Gasteiger partial charge in [0.15, 0.2) is 9.84 Å².